The van der Waals surface area contributed by atoms with Gasteiger partial charge in [0, 0.05) is 12.9 Å². The standard InChI is InChI=1S/C4H8O3S/c1-3-7-4-8(2,5)6/h3H2,1-2H3. The van der Waals surface area contributed by atoms with Gasteiger partial charge in [-0.2, -0.15) is 0 Å². The van der Waals surface area contributed by atoms with Crippen LogP contribution < -0.4 is 0 Å². The van der Waals surface area contributed by atoms with E-state index in [4.69, 9.17) is 0 Å². The molecule has 8 heavy (non-hydrogen) atoms. The number of rotatable bonds is 3. The van der Waals surface area contributed by atoms with E-state index in [9.17, 15) is 8.42 Å². The molecule has 2 radical (unpaired) electrons. The Kier molecular flexibility index (Phi) is 3.01. The second-order valence-electron chi connectivity index (χ2n) is 1.29. The molecular weight excluding hydrogens is 128 g/mol. The van der Waals surface area contributed by atoms with Gasteiger partial charge in [0.2, 0.25) is 0 Å². The maximum Gasteiger partial charge on any atom is 0.264 e. The van der Waals surface area contributed by atoms with Gasteiger partial charge < -0.3 is 4.74 Å². The molecule has 0 unspecified atom stereocenters. The Hall–Kier alpha value is -0.0900. The molecule has 0 spiro atoms. The lowest BCUT2D eigenvalue weighted by molar-refractivity contribution is 0.244. The lowest BCUT2D eigenvalue weighted by atomic mass is 10.9. The van der Waals surface area contributed by atoms with Crippen LogP contribution in [0.2, 0.25) is 0 Å². The van der Waals surface area contributed by atoms with Crippen LogP contribution in [0.3, 0.4) is 0 Å². The summed E-state index contributed by atoms with van der Waals surface area (Å²) in [5.41, 5.74) is 0. The van der Waals surface area contributed by atoms with Gasteiger partial charge in [-0.25, -0.2) is 8.42 Å². The van der Waals surface area contributed by atoms with Crippen LogP contribution >= 0.6 is 0 Å². The molecule has 48 valence electrons. The van der Waals surface area contributed by atoms with Crippen molar-refractivity contribution in [3.05, 3.63) is 5.94 Å². The van der Waals surface area contributed by atoms with E-state index in [-0.39, 0.29) is 0 Å². The third-order valence-electron chi connectivity index (χ3n) is 0.355. The van der Waals surface area contributed by atoms with Crippen LogP contribution in [0.25, 0.3) is 0 Å². The normalized spacial score (nSPS) is 11.8. The van der Waals surface area contributed by atoms with Crippen LogP contribution in [0.15, 0.2) is 0 Å². The largest absolute Gasteiger partial charge is 0.352 e. The molecule has 0 aliphatic carbocycles. The fourth-order valence-electron chi connectivity index (χ4n) is 0.166. The monoisotopic (exact) mass is 136 g/mol. The van der Waals surface area contributed by atoms with Crippen molar-refractivity contribution >= 4 is 9.84 Å². The Morgan fingerprint density at radius 2 is 2.12 bits per heavy atom. The molecule has 0 saturated heterocycles. The van der Waals surface area contributed by atoms with Gasteiger partial charge in [0.05, 0.1) is 0 Å². The van der Waals surface area contributed by atoms with Crippen molar-refractivity contribution < 1.29 is 13.2 Å². The minimum atomic E-state index is -3.16. The molecular formula is C4H8O3S. The smallest absolute Gasteiger partial charge is 0.264 e. The average molecular weight is 136 g/mol. The molecule has 0 fully saturated rings. The minimum absolute atomic E-state index is 0.340. The van der Waals surface area contributed by atoms with Crippen molar-refractivity contribution in [2.45, 2.75) is 6.92 Å². The molecule has 0 aliphatic heterocycles. The predicted octanol–water partition coefficient (Wildman–Crippen LogP) is 0.0638. The zero-order chi connectivity index (χ0) is 6.62. The molecule has 0 aliphatic rings. The molecule has 0 rings (SSSR count). The summed E-state index contributed by atoms with van der Waals surface area (Å²) in [5.74, 6) is 1.84. The van der Waals surface area contributed by atoms with Crippen LogP contribution in [0, 0.1) is 5.94 Å². The van der Waals surface area contributed by atoms with Gasteiger partial charge in [0.25, 0.3) is 5.94 Å². The first-order chi connectivity index (χ1) is 3.56. The van der Waals surface area contributed by atoms with Gasteiger partial charge >= 0.3 is 0 Å². The average Bonchev–Trinajstić information content (AvgIpc) is 1.59. The van der Waals surface area contributed by atoms with Crippen molar-refractivity contribution in [3.63, 3.8) is 0 Å². The molecule has 0 saturated carbocycles. The zero-order valence-electron chi connectivity index (χ0n) is 4.84. The minimum Gasteiger partial charge on any atom is -0.352 e. The highest BCUT2D eigenvalue weighted by Gasteiger charge is 2.01. The predicted molar refractivity (Wildman–Crippen MR) is 29.7 cm³/mol. The van der Waals surface area contributed by atoms with Crippen molar-refractivity contribution in [3.8, 4) is 0 Å². The highest BCUT2D eigenvalue weighted by Crippen LogP contribution is 1.89. The van der Waals surface area contributed by atoms with Gasteiger partial charge in [-0.1, -0.05) is 0 Å². The molecule has 0 atom stereocenters. The van der Waals surface area contributed by atoms with E-state index in [1.54, 1.807) is 6.92 Å². The third kappa shape index (κ3) is 5.91. The van der Waals surface area contributed by atoms with Crippen LogP contribution in [0.5, 0.6) is 0 Å². The highest BCUT2D eigenvalue weighted by atomic mass is 32.2. The van der Waals surface area contributed by atoms with E-state index in [0.717, 1.165) is 6.26 Å². The first-order valence-electron chi connectivity index (χ1n) is 2.15. The van der Waals surface area contributed by atoms with E-state index in [0.29, 0.717) is 6.61 Å². The summed E-state index contributed by atoms with van der Waals surface area (Å²) in [6.45, 7) is 2.03. The molecule has 0 N–H and O–H groups in total. The third-order valence-corrected chi connectivity index (χ3v) is 0.775. The van der Waals surface area contributed by atoms with Gasteiger partial charge in [-0.05, 0) is 6.92 Å². The van der Waals surface area contributed by atoms with Gasteiger partial charge in [0.1, 0.15) is 0 Å². The molecule has 0 aromatic heterocycles. The second kappa shape index (κ2) is 3.04. The number of hydrogen-bond donors (Lipinski definition) is 0. The Morgan fingerprint density at radius 1 is 1.62 bits per heavy atom. The van der Waals surface area contributed by atoms with E-state index in [1.807, 2.05) is 5.94 Å². The number of ether oxygens (including phenoxy) is 1. The molecule has 4 heteroatoms. The summed E-state index contributed by atoms with van der Waals surface area (Å²) in [6, 6.07) is 0. The Labute approximate surface area is 49.6 Å². The second-order valence-corrected chi connectivity index (χ2v) is 3.00. The van der Waals surface area contributed by atoms with Crippen molar-refractivity contribution in [2.24, 2.45) is 0 Å². The van der Waals surface area contributed by atoms with Crippen LogP contribution in [0.1, 0.15) is 6.92 Å². The van der Waals surface area contributed by atoms with E-state index < -0.39 is 9.84 Å². The Balaban J connectivity index is 3.42. The first kappa shape index (κ1) is 7.91. The summed E-state index contributed by atoms with van der Waals surface area (Å²) in [6.07, 6.45) is 1.03. The summed E-state index contributed by atoms with van der Waals surface area (Å²) in [4.78, 5) is 0. The maximum absolute atomic E-state index is 10.2. The molecule has 0 bridgehead atoms. The summed E-state index contributed by atoms with van der Waals surface area (Å²) >= 11 is 0. The van der Waals surface area contributed by atoms with Crippen LogP contribution in [-0.4, -0.2) is 21.3 Å². The first-order valence-corrected chi connectivity index (χ1v) is 4.04. The molecule has 0 aromatic carbocycles. The van der Waals surface area contributed by atoms with Crippen molar-refractivity contribution in [1.82, 2.24) is 0 Å². The van der Waals surface area contributed by atoms with Crippen molar-refractivity contribution in [1.29, 1.82) is 0 Å². The molecule has 0 aromatic rings. The van der Waals surface area contributed by atoms with Gasteiger partial charge in [-0.3, -0.25) is 0 Å². The molecule has 0 heterocycles. The molecule has 0 amide bonds. The topological polar surface area (TPSA) is 43.4 Å². The fraction of sp³-hybridized carbons (Fsp3) is 0.750. The summed E-state index contributed by atoms with van der Waals surface area (Å²) in [5, 5.41) is 0. The Bertz CT molecular complexity index is 135. The SMILES string of the molecule is CCO[C]S(C)(=O)=O. The van der Waals surface area contributed by atoms with E-state index >= 15 is 0 Å². The molecule has 3 nitrogen and oxygen atoms in total. The fourth-order valence-corrected chi connectivity index (χ4v) is 0.498. The lowest BCUT2D eigenvalue weighted by Crippen LogP contribution is -1.99. The van der Waals surface area contributed by atoms with E-state index in [1.165, 1.54) is 0 Å². The van der Waals surface area contributed by atoms with Crippen LogP contribution in [-0.2, 0) is 14.6 Å². The van der Waals surface area contributed by atoms with E-state index in [2.05, 4.69) is 4.74 Å². The number of hydrogen-bond acceptors (Lipinski definition) is 3. The van der Waals surface area contributed by atoms with Crippen LogP contribution in [0.4, 0.5) is 0 Å². The quantitative estimate of drug-likeness (QED) is 0.551. The Morgan fingerprint density at radius 3 is 2.25 bits per heavy atom. The van der Waals surface area contributed by atoms with Gasteiger partial charge in [0.15, 0.2) is 9.84 Å². The highest BCUT2D eigenvalue weighted by molar-refractivity contribution is 7.92. The summed E-state index contributed by atoms with van der Waals surface area (Å²) in [7, 11) is -3.16. The number of sulfone groups is 1. The zero-order valence-corrected chi connectivity index (χ0v) is 5.66. The summed E-state index contributed by atoms with van der Waals surface area (Å²) < 4.78 is 24.7. The lowest BCUT2D eigenvalue weighted by Gasteiger charge is -1.91. The van der Waals surface area contributed by atoms with Crippen molar-refractivity contribution in [2.75, 3.05) is 12.9 Å². The maximum atomic E-state index is 10.2. The van der Waals surface area contributed by atoms with Gasteiger partial charge in [-0.15, -0.1) is 0 Å².